The fraction of sp³-hybridized carbons (Fsp3) is 0.364. The van der Waals surface area contributed by atoms with Crippen LogP contribution in [0.4, 0.5) is 0 Å². The summed E-state index contributed by atoms with van der Waals surface area (Å²) in [6, 6.07) is 10.3. The number of fused-ring (bicyclic) bond motifs is 1. The van der Waals surface area contributed by atoms with E-state index in [1.54, 1.807) is 48.4 Å². The highest BCUT2D eigenvalue weighted by Crippen LogP contribution is 2.33. The van der Waals surface area contributed by atoms with E-state index in [1.807, 2.05) is 0 Å². The molecule has 0 unspecified atom stereocenters. The number of nitrogens with zero attached hydrogens (tertiary/aromatic N) is 1. The lowest BCUT2D eigenvalue weighted by Gasteiger charge is -2.32. The number of hydrogen-bond acceptors (Lipinski definition) is 6. The molecule has 1 N–H and O–H groups in total. The Hall–Kier alpha value is -3.42. The van der Waals surface area contributed by atoms with Gasteiger partial charge in [0, 0.05) is 30.3 Å². The highest BCUT2D eigenvalue weighted by Gasteiger charge is 2.26. The fourth-order valence-corrected chi connectivity index (χ4v) is 3.69. The number of ether oxygens (including phenoxy) is 4. The molecule has 0 radical (unpaired) electrons. The second-order valence-electron chi connectivity index (χ2n) is 7.18. The largest absolute Gasteiger partial charge is 0.493 e. The van der Waals surface area contributed by atoms with Gasteiger partial charge in [-0.25, -0.2) is 0 Å². The maximum atomic E-state index is 12.8. The second-order valence-corrected chi connectivity index (χ2v) is 7.18. The molecule has 0 atom stereocenters. The van der Waals surface area contributed by atoms with Crippen molar-refractivity contribution in [1.82, 2.24) is 10.2 Å². The smallest absolute Gasteiger partial charge is 0.253 e. The summed E-state index contributed by atoms with van der Waals surface area (Å²) >= 11 is 0. The Bertz CT molecular complexity index is 953. The molecule has 8 nitrogen and oxygen atoms in total. The predicted molar refractivity (Wildman–Crippen MR) is 109 cm³/mol. The number of benzene rings is 2. The Morgan fingerprint density at radius 3 is 2.37 bits per heavy atom. The molecule has 1 fully saturated rings. The summed E-state index contributed by atoms with van der Waals surface area (Å²) in [7, 11) is 3.09. The molecule has 2 aliphatic rings. The number of hydrogen-bond donors (Lipinski definition) is 1. The molecule has 1 saturated heterocycles. The van der Waals surface area contributed by atoms with Gasteiger partial charge in [0.05, 0.1) is 14.2 Å². The quantitative estimate of drug-likeness (QED) is 0.812. The topological polar surface area (TPSA) is 86.3 Å². The van der Waals surface area contributed by atoms with Crippen molar-refractivity contribution in [3.05, 3.63) is 47.5 Å². The number of piperidine rings is 1. The number of likely N-dealkylation sites (tertiary alicyclic amines) is 1. The molecule has 0 bridgehead atoms. The maximum absolute atomic E-state index is 12.8. The number of amides is 2. The lowest BCUT2D eigenvalue weighted by atomic mass is 10.0. The van der Waals surface area contributed by atoms with Crippen molar-refractivity contribution in [1.29, 1.82) is 0 Å². The van der Waals surface area contributed by atoms with Crippen molar-refractivity contribution in [3.63, 3.8) is 0 Å². The fourth-order valence-electron chi connectivity index (χ4n) is 3.69. The van der Waals surface area contributed by atoms with E-state index < -0.39 is 0 Å². The summed E-state index contributed by atoms with van der Waals surface area (Å²) in [6.45, 7) is 1.33. The van der Waals surface area contributed by atoms with Gasteiger partial charge in [-0.3, -0.25) is 9.59 Å². The Morgan fingerprint density at radius 1 is 0.933 bits per heavy atom. The van der Waals surface area contributed by atoms with E-state index in [0.29, 0.717) is 60.1 Å². The number of carbonyl (C=O) groups excluding carboxylic acids is 2. The Morgan fingerprint density at radius 2 is 1.63 bits per heavy atom. The van der Waals surface area contributed by atoms with E-state index in [0.717, 1.165) is 0 Å². The SMILES string of the molecule is COc1ccc(C(=O)NC2CCN(C(=O)c3ccc4c(c3)OCO4)CC2)cc1OC. The molecule has 0 aliphatic carbocycles. The maximum Gasteiger partial charge on any atom is 0.253 e. The van der Waals surface area contributed by atoms with Crippen molar-refractivity contribution >= 4 is 11.8 Å². The summed E-state index contributed by atoms with van der Waals surface area (Å²) < 4.78 is 21.1. The molecule has 2 aromatic carbocycles. The molecule has 2 aliphatic heterocycles. The molecular formula is C22H24N2O6. The van der Waals surface area contributed by atoms with Crippen LogP contribution in [0.2, 0.25) is 0 Å². The van der Waals surface area contributed by atoms with Crippen LogP contribution in [0.3, 0.4) is 0 Å². The summed E-state index contributed by atoms with van der Waals surface area (Å²) in [5, 5.41) is 3.05. The van der Waals surface area contributed by atoms with Crippen molar-refractivity contribution in [2.24, 2.45) is 0 Å². The summed E-state index contributed by atoms with van der Waals surface area (Å²) in [5.74, 6) is 2.12. The minimum Gasteiger partial charge on any atom is -0.493 e. The Kier molecular flexibility index (Phi) is 5.65. The van der Waals surface area contributed by atoms with Gasteiger partial charge in [0.25, 0.3) is 11.8 Å². The van der Waals surface area contributed by atoms with E-state index in [1.165, 1.54) is 7.11 Å². The van der Waals surface area contributed by atoms with Crippen LogP contribution < -0.4 is 24.3 Å². The van der Waals surface area contributed by atoms with Gasteiger partial charge in [0.15, 0.2) is 23.0 Å². The van der Waals surface area contributed by atoms with Gasteiger partial charge < -0.3 is 29.2 Å². The first-order chi connectivity index (χ1) is 14.6. The van der Waals surface area contributed by atoms with E-state index >= 15 is 0 Å². The van der Waals surface area contributed by atoms with Crippen LogP contribution in [0.5, 0.6) is 23.0 Å². The monoisotopic (exact) mass is 412 g/mol. The highest BCUT2D eigenvalue weighted by atomic mass is 16.7. The molecule has 0 spiro atoms. The first-order valence-electron chi connectivity index (χ1n) is 9.81. The Balaban J connectivity index is 1.33. The van der Waals surface area contributed by atoms with Crippen molar-refractivity contribution in [2.75, 3.05) is 34.1 Å². The van der Waals surface area contributed by atoms with E-state index in [-0.39, 0.29) is 24.6 Å². The lowest BCUT2D eigenvalue weighted by molar-refractivity contribution is 0.0697. The van der Waals surface area contributed by atoms with Crippen molar-refractivity contribution < 1.29 is 28.5 Å². The number of methoxy groups -OCH3 is 2. The summed E-state index contributed by atoms with van der Waals surface area (Å²) in [4.78, 5) is 27.2. The van der Waals surface area contributed by atoms with Crippen molar-refractivity contribution in [3.8, 4) is 23.0 Å². The first-order valence-corrected chi connectivity index (χ1v) is 9.81. The summed E-state index contributed by atoms with van der Waals surface area (Å²) in [5.41, 5.74) is 1.08. The third kappa shape index (κ3) is 3.98. The predicted octanol–water partition coefficient (Wildman–Crippen LogP) is 2.47. The molecule has 2 amide bonds. The second kappa shape index (κ2) is 8.52. The zero-order chi connectivity index (χ0) is 21.1. The van der Waals surface area contributed by atoms with Crippen LogP contribution in [0, 0.1) is 0 Å². The molecule has 4 rings (SSSR count). The van der Waals surface area contributed by atoms with Crippen LogP contribution in [-0.4, -0.2) is 56.9 Å². The third-order valence-electron chi connectivity index (χ3n) is 5.38. The van der Waals surface area contributed by atoms with Crippen LogP contribution in [0.1, 0.15) is 33.6 Å². The van der Waals surface area contributed by atoms with E-state index in [4.69, 9.17) is 18.9 Å². The minimum atomic E-state index is -0.170. The minimum absolute atomic E-state index is 0.00593. The number of carbonyl (C=O) groups is 2. The van der Waals surface area contributed by atoms with Crippen LogP contribution in [0.25, 0.3) is 0 Å². The Labute approximate surface area is 174 Å². The van der Waals surface area contributed by atoms with Gasteiger partial charge in [-0.05, 0) is 49.2 Å². The van der Waals surface area contributed by atoms with E-state index in [9.17, 15) is 9.59 Å². The molecule has 158 valence electrons. The molecule has 2 aromatic rings. The molecule has 0 saturated carbocycles. The first kappa shape index (κ1) is 19.9. The zero-order valence-corrected chi connectivity index (χ0v) is 17.0. The number of nitrogens with one attached hydrogen (secondary N) is 1. The van der Waals surface area contributed by atoms with Gasteiger partial charge in [0.2, 0.25) is 6.79 Å². The van der Waals surface area contributed by atoms with Crippen LogP contribution in [0.15, 0.2) is 36.4 Å². The van der Waals surface area contributed by atoms with Gasteiger partial charge >= 0.3 is 0 Å². The van der Waals surface area contributed by atoms with Gasteiger partial charge in [-0.2, -0.15) is 0 Å². The normalized spacial score (nSPS) is 15.6. The van der Waals surface area contributed by atoms with Crippen molar-refractivity contribution in [2.45, 2.75) is 18.9 Å². The van der Waals surface area contributed by atoms with Gasteiger partial charge in [-0.15, -0.1) is 0 Å². The molecule has 2 heterocycles. The lowest BCUT2D eigenvalue weighted by Crippen LogP contribution is -2.46. The summed E-state index contributed by atoms with van der Waals surface area (Å²) in [6.07, 6.45) is 1.38. The standard InChI is InChI=1S/C22H24N2O6/c1-27-17-5-3-14(11-19(17)28-2)21(25)23-16-7-9-24(10-8-16)22(26)15-4-6-18-20(12-15)30-13-29-18/h3-6,11-12,16H,7-10,13H2,1-2H3,(H,23,25). The average molecular weight is 412 g/mol. The average Bonchev–Trinajstić information content (AvgIpc) is 3.26. The molecule has 8 heteroatoms. The zero-order valence-electron chi connectivity index (χ0n) is 17.0. The third-order valence-corrected chi connectivity index (χ3v) is 5.38. The molecule has 0 aromatic heterocycles. The van der Waals surface area contributed by atoms with Gasteiger partial charge in [0.1, 0.15) is 0 Å². The van der Waals surface area contributed by atoms with Crippen LogP contribution in [-0.2, 0) is 0 Å². The van der Waals surface area contributed by atoms with Crippen LogP contribution >= 0.6 is 0 Å². The van der Waals surface area contributed by atoms with Gasteiger partial charge in [-0.1, -0.05) is 0 Å². The van der Waals surface area contributed by atoms with E-state index in [2.05, 4.69) is 5.32 Å². The molecular weight excluding hydrogens is 388 g/mol. The molecule has 30 heavy (non-hydrogen) atoms. The highest BCUT2D eigenvalue weighted by molar-refractivity contribution is 5.96. The number of rotatable bonds is 5.